The maximum absolute atomic E-state index is 12.5. The van der Waals surface area contributed by atoms with Crippen molar-refractivity contribution < 1.29 is 9.53 Å². The Kier molecular flexibility index (Phi) is 10.3. The van der Waals surface area contributed by atoms with Gasteiger partial charge in [-0.25, -0.2) is 0 Å². The van der Waals surface area contributed by atoms with Crippen molar-refractivity contribution in [2.45, 2.75) is 156 Å². The molecule has 0 spiro atoms. The van der Waals surface area contributed by atoms with E-state index < -0.39 is 0 Å². The van der Waals surface area contributed by atoms with E-state index in [1.54, 1.807) is 5.57 Å². The standard InChI is InChI=1S/C35H59O2/c1-6-7-8-9-10-11-16-33(36)37-29-21-23-35(5)28(25-29)17-19-30-31-20-18-27(15-13-12-14-26(2)3)34(31,4)24-22-32(30)35/h15,17,26-27,29-32H,6-14,16,18-25H2,1-5H3/t27-,29-,30-,31-,32-,34+,35-/m0/s1. The van der Waals surface area contributed by atoms with Gasteiger partial charge in [0.2, 0.25) is 0 Å². The first-order chi connectivity index (χ1) is 17.8. The molecule has 211 valence electrons. The zero-order valence-corrected chi connectivity index (χ0v) is 25.2. The fraction of sp³-hybridized carbons (Fsp3) is 0.886. The molecular weight excluding hydrogens is 452 g/mol. The Labute approximate surface area is 230 Å². The summed E-state index contributed by atoms with van der Waals surface area (Å²) in [7, 11) is 0. The lowest BCUT2D eigenvalue weighted by molar-refractivity contribution is -0.151. The normalized spacial score (nSPS) is 37.0. The Hall–Kier alpha value is -0.790. The van der Waals surface area contributed by atoms with E-state index in [1.807, 2.05) is 0 Å². The van der Waals surface area contributed by atoms with Gasteiger partial charge in [-0.15, -0.1) is 0 Å². The molecule has 0 saturated heterocycles. The van der Waals surface area contributed by atoms with E-state index >= 15 is 0 Å². The number of allylic oxidation sites excluding steroid dienone is 1. The molecule has 7 atom stereocenters. The number of fused-ring (bicyclic) bond motifs is 5. The first-order valence-electron chi connectivity index (χ1n) is 16.5. The second kappa shape index (κ2) is 13.0. The average molecular weight is 512 g/mol. The quantitative estimate of drug-likeness (QED) is 0.140. The number of rotatable bonds is 13. The van der Waals surface area contributed by atoms with Gasteiger partial charge in [0.1, 0.15) is 6.10 Å². The molecule has 0 aromatic rings. The number of unbranched alkanes of at least 4 members (excludes halogenated alkanes) is 6. The Balaban J connectivity index is 1.29. The van der Waals surface area contributed by atoms with Gasteiger partial charge in [0.05, 0.1) is 0 Å². The third kappa shape index (κ3) is 6.69. The maximum atomic E-state index is 12.5. The van der Waals surface area contributed by atoms with Crippen LogP contribution in [0.2, 0.25) is 0 Å². The Morgan fingerprint density at radius 3 is 2.57 bits per heavy atom. The minimum atomic E-state index is 0.0495. The van der Waals surface area contributed by atoms with Crippen LogP contribution < -0.4 is 0 Å². The Bertz CT molecular complexity index is 767. The van der Waals surface area contributed by atoms with Crippen molar-refractivity contribution in [1.29, 1.82) is 0 Å². The van der Waals surface area contributed by atoms with Crippen LogP contribution in [0.1, 0.15) is 150 Å². The predicted octanol–water partition coefficient (Wildman–Crippen LogP) is 10.3. The summed E-state index contributed by atoms with van der Waals surface area (Å²) in [6, 6.07) is 0. The van der Waals surface area contributed by atoms with Crippen LogP contribution in [0.3, 0.4) is 0 Å². The number of carbonyl (C=O) groups is 1. The van der Waals surface area contributed by atoms with Gasteiger partial charge < -0.3 is 4.74 Å². The van der Waals surface area contributed by atoms with E-state index in [2.05, 4.69) is 47.1 Å². The maximum Gasteiger partial charge on any atom is 0.306 e. The monoisotopic (exact) mass is 511 g/mol. The molecule has 0 aromatic heterocycles. The summed E-state index contributed by atoms with van der Waals surface area (Å²) >= 11 is 0. The minimum Gasteiger partial charge on any atom is -0.462 e. The molecule has 0 aromatic carbocycles. The first kappa shape index (κ1) is 29.2. The first-order valence-corrected chi connectivity index (χ1v) is 16.5. The van der Waals surface area contributed by atoms with Crippen molar-refractivity contribution in [2.24, 2.45) is 40.4 Å². The molecule has 3 saturated carbocycles. The second-order valence-corrected chi connectivity index (χ2v) is 14.4. The van der Waals surface area contributed by atoms with Gasteiger partial charge in [0, 0.05) is 12.8 Å². The van der Waals surface area contributed by atoms with Crippen molar-refractivity contribution in [2.75, 3.05) is 0 Å². The van der Waals surface area contributed by atoms with E-state index in [0.717, 1.165) is 48.9 Å². The molecule has 0 heterocycles. The molecular formula is C35H59O2. The highest BCUT2D eigenvalue weighted by molar-refractivity contribution is 5.69. The van der Waals surface area contributed by atoms with Crippen LogP contribution in [-0.2, 0) is 9.53 Å². The molecule has 4 aliphatic carbocycles. The van der Waals surface area contributed by atoms with E-state index in [0.29, 0.717) is 17.3 Å². The molecule has 3 fully saturated rings. The molecule has 0 unspecified atom stereocenters. The number of esters is 1. The molecule has 2 nitrogen and oxygen atoms in total. The third-order valence-electron chi connectivity index (χ3n) is 11.6. The Morgan fingerprint density at radius 1 is 1.00 bits per heavy atom. The molecule has 37 heavy (non-hydrogen) atoms. The minimum absolute atomic E-state index is 0.0495. The number of carbonyl (C=O) groups excluding carboxylic acids is 1. The molecule has 1 radical (unpaired) electrons. The van der Waals surface area contributed by atoms with Crippen LogP contribution in [0.15, 0.2) is 11.6 Å². The number of hydrogen-bond donors (Lipinski definition) is 0. The largest absolute Gasteiger partial charge is 0.462 e. The van der Waals surface area contributed by atoms with E-state index in [1.165, 1.54) is 89.9 Å². The van der Waals surface area contributed by atoms with E-state index in [-0.39, 0.29) is 12.1 Å². The lowest BCUT2D eigenvalue weighted by Crippen LogP contribution is -2.50. The van der Waals surface area contributed by atoms with Gasteiger partial charge in [-0.3, -0.25) is 4.79 Å². The average Bonchev–Trinajstić information content (AvgIpc) is 3.20. The fourth-order valence-electron chi connectivity index (χ4n) is 9.30. The van der Waals surface area contributed by atoms with Gasteiger partial charge >= 0.3 is 5.97 Å². The summed E-state index contributed by atoms with van der Waals surface area (Å²) in [4.78, 5) is 12.5. The van der Waals surface area contributed by atoms with Gasteiger partial charge in [-0.1, -0.05) is 91.2 Å². The lowest BCUT2D eigenvalue weighted by atomic mass is 9.47. The molecule has 2 heteroatoms. The molecule has 0 aliphatic heterocycles. The van der Waals surface area contributed by atoms with Crippen molar-refractivity contribution in [1.82, 2.24) is 0 Å². The second-order valence-electron chi connectivity index (χ2n) is 14.4. The SMILES string of the molecule is CCCCCCCCC(=O)O[C@H]1CC[C@@]2(C)C(=CC[C@H]3[C@@H]4CC[C@H]([CH]CCCC(C)C)[C@@]4(C)CC[C@@H]32)C1. The van der Waals surface area contributed by atoms with Crippen LogP contribution >= 0.6 is 0 Å². The van der Waals surface area contributed by atoms with Crippen molar-refractivity contribution in [3.05, 3.63) is 18.1 Å². The highest BCUT2D eigenvalue weighted by Gasteiger charge is 2.58. The van der Waals surface area contributed by atoms with Crippen LogP contribution in [0.4, 0.5) is 0 Å². The van der Waals surface area contributed by atoms with Crippen molar-refractivity contribution in [3.8, 4) is 0 Å². The molecule has 4 aliphatic rings. The zero-order chi connectivity index (χ0) is 26.5. The summed E-state index contributed by atoms with van der Waals surface area (Å²) in [6.45, 7) is 12.2. The van der Waals surface area contributed by atoms with Crippen LogP contribution in [0, 0.1) is 46.8 Å². The number of hydrogen-bond acceptors (Lipinski definition) is 2. The van der Waals surface area contributed by atoms with Crippen LogP contribution in [0.25, 0.3) is 0 Å². The summed E-state index contributed by atoms with van der Waals surface area (Å²) in [5.41, 5.74) is 2.51. The van der Waals surface area contributed by atoms with Gasteiger partial charge in [-0.05, 0) is 105 Å². The van der Waals surface area contributed by atoms with Crippen LogP contribution in [0.5, 0.6) is 0 Å². The summed E-state index contributed by atoms with van der Waals surface area (Å²) in [5.74, 6) is 4.33. The highest BCUT2D eigenvalue weighted by Crippen LogP contribution is 2.66. The number of ether oxygens (including phenoxy) is 1. The Morgan fingerprint density at radius 2 is 1.78 bits per heavy atom. The van der Waals surface area contributed by atoms with Gasteiger partial charge in [0.25, 0.3) is 0 Å². The topological polar surface area (TPSA) is 26.3 Å². The van der Waals surface area contributed by atoms with Gasteiger partial charge in [-0.2, -0.15) is 0 Å². The highest BCUT2D eigenvalue weighted by atomic mass is 16.5. The zero-order valence-electron chi connectivity index (χ0n) is 25.2. The van der Waals surface area contributed by atoms with Crippen LogP contribution in [-0.4, -0.2) is 12.1 Å². The molecule has 0 N–H and O–H groups in total. The van der Waals surface area contributed by atoms with Crippen molar-refractivity contribution >= 4 is 5.97 Å². The molecule has 4 rings (SSSR count). The smallest absolute Gasteiger partial charge is 0.306 e. The molecule has 0 bridgehead atoms. The molecule has 0 amide bonds. The van der Waals surface area contributed by atoms with E-state index in [4.69, 9.17) is 4.74 Å². The summed E-state index contributed by atoms with van der Waals surface area (Å²) in [6.07, 6.45) is 27.7. The summed E-state index contributed by atoms with van der Waals surface area (Å²) in [5, 5.41) is 0. The lowest BCUT2D eigenvalue weighted by Gasteiger charge is -2.58. The van der Waals surface area contributed by atoms with Gasteiger partial charge in [0.15, 0.2) is 0 Å². The fourth-order valence-corrected chi connectivity index (χ4v) is 9.30. The van der Waals surface area contributed by atoms with Crippen molar-refractivity contribution in [3.63, 3.8) is 0 Å². The third-order valence-corrected chi connectivity index (χ3v) is 11.6. The van der Waals surface area contributed by atoms with E-state index in [9.17, 15) is 4.79 Å². The summed E-state index contributed by atoms with van der Waals surface area (Å²) < 4.78 is 6.03. The predicted molar refractivity (Wildman–Crippen MR) is 156 cm³/mol.